The van der Waals surface area contributed by atoms with Crippen molar-refractivity contribution < 1.29 is 13.2 Å². The summed E-state index contributed by atoms with van der Waals surface area (Å²) in [6, 6.07) is 6.76. The highest BCUT2D eigenvalue weighted by atomic mass is 32.2. The van der Waals surface area contributed by atoms with Crippen LogP contribution in [0.3, 0.4) is 0 Å². The molecule has 1 atom stereocenters. The lowest BCUT2D eigenvalue weighted by Crippen LogP contribution is -2.52. The fourth-order valence-corrected chi connectivity index (χ4v) is 4.51. The zero-order valence-corrected chi connectivity index (χ0v) is 17.0. The van der Waals surface area contributed by atoms with Crippen LogP contribution in [-0.2, 0) is 21.2 Å². The molecule has 9 nitrogen and oxygen atoms in total. The van der Waals surface area contributed by atoms with Crippen molar-refractivity contribution in [2.75, 3.05) is 42.5 Å². The normalized spacial score (nSPS) is 19.4. The Labute approximate surface area is 170 Å². The monoisotopic (exact) mass is 416 g/mol. The highest BCUT2D eigenvalue weighted by Crippen LogP contribution is 2.33. The number of aromatic nitrogens is 2. The maximum atomic E-state index is 12.9. The molecule has 1 aromatic heterocycles. The fraction of sp³-hybridized carbons (Fsp3) is 0.421. The van der Waals surface area contributed by atoms with Crippen LogP contribution in [0.5, 0.6) is 0 Å². The number of anilines is 2. The first-order valence-corrected chi connectivity index (χ1v) is 11.1. The van der Waals surface area contributed by atoms with E-state index in [-0.39, 0.29) is 23.4 Å². The van der Waals surface area contributed by atoms with Gasteiger partial charge in [-0.25, -0.2) is 23.5 Å². The van der Waals surface area contributed by atoms with Gasteiger partial charge in [-0.3, -0.25) is 4.79 Å². The summed E-state index contributed by atoms with van der Waals surface area (Å²) >= 11 is 0. The zero-order chi connectivity index (χ0) is 20.6. The maximum absolute atomic E-state index is 12.9. The summed E-state index contributed by atoms with van der Waals surface area (Å²) in [5.74, 6) is 0.751. The predicted octanol–water partition coefficient (Wildman–Crippen LogP) is 0.224. The number of carbonyl (C=O) groups is 1. The third-order valence-electron chi connectivity index (χ3n) is 5.51. The van der Waals surface area contributed by atoms with Gasteiger partial charge in [-0.2, -0.15) is 0 Å². The van der Waals surface area contributed by atoms with Gasteiger partial charge in [0, 0.05) is 50.3 Å². The number of carbonyl (C=O) groups excluding carboxylic acids is 1. The molecule has 0 bridgehead atoms. The van der Waals surface area contributed by atoms with Crippen molar-refractivity contribution in [3.63, 3.8) is 0 Å². The molecule has 154 valence electrons. The van der Waals surface area contributed by atoms with E-state index in [2.05, 4.69) is 14.9 Å². The predicted molar refractivity (Wildman–Crippen MR) is 109 cm³/mol. The van der Waals surface area contributed by atoms with Gasteiger partial charge in [-0.15, -0.1) is 0 Å². The van der Waals surface area contributed by atoms with E-state index in [9.17, 15) is 13.2 Å². The molecule has 0 spiro atoms. The molecule has 4 rings (SSSR count). The SMILES string of the molecule is C[C@H]1Cc2cc(S(N)(=O)=O)ccc2N1CC(=O)N1CCN(c2ncccn2)CC1. The first-order chi connectivity index (χ1) is 13.8. The summed E-state index contributed by atoms with van der Waals surface area (Å²) in [6.07, 6.45) is 4.12. The Morgan fingerprint density at radius 3 is 2.52 bits per heavy atom. The van der Waals surface area contributed by atoms with E-state index in [0.717, 1.165) is 11.3 Å². The molecule has 1 aromatic carbocycles. The van der Waals surface area contributed by atoms with Crippen molar-refractivity contribution in [1.82, 2.24) is 14.9 Å². The largest absolute Gasteiger partial charge is 0.359 e. The molecule has 0 radical (unpaired) electrons. The number of hydrogen-bond acceptors (Lipinski definition) is 7. The van der Waals surface area contributed by atoms with Gasteiger partial charge in [-0.05, 0) is 43.2 Å². The molecule has 1 fully saturated rings. The van der Waals surface area contributed by atoms with Crippen LogP contribution in [0.4, 0.5) is 11.6 Å². The summed E-state index contributed by atoms with van der Waals surface area (Å²) in [5, 5.41) is 5.24. The minimum absolute atomic E-state index is 0.0638. The number of primary sulfonamides is 1. The van der Waals surface area contributed by atoms with Crippen molar-refractivity contribution in [3.05, 3.63) is 42.2 Å². The molecule has 10 heteroatoms. The third-order valence-corrected chi connectivity index (χ3v) is 6.42. The lowest BCUT2D eigenvalue weighted by Gasteiger charge is -2.36. The summed E-state index contributed by atoms with van der Waals surface area (Å²) in [4.78, 5) is 27.5. The minimum Gasteiger partial charge on any atom is -0.359 e. The molecular weight excluding hydrogens is 392 g/mol. The van der Waals surface area contributed by atoms with Gasteiger partial charge in [0.05, 0.1) is 11.4 Å². The van der Waals surface area contributed by atoms with E-state index in [1.165, 1.54) is 6.07 Å². The number of nitrogens with two attached hydrogens (primary N) is 1. The van der Waals surface area contributed by atoms with E-state index in [1.54, 1.807) is 30.6 Å². The van der Waals surface area contributed by atoms with Gasteiger partial charge in [0.1, 0.15) is 0 Å². The smallest absolute Gasteiger partial charge is 0.242 e. The number of amides is 1. The van der Waals surface area contributed by atoms with Crippen LogP contribution in [0.25, 0.3) is 0 Å². The molecular formula is C19H24N6O3S. The van der Waals surface area contributed by atoms with Crippen LogP contribution in [0.2, 0.25) is 0 Å². The second-order valence-electron chi connectivity index (χ2n) is 7.43. The molecule has 2 aromatic rings. The molecule has 2 aliphatic heterocycles. The van der Waals surface area contributed by atoms with Gasteiger partial charge in [-0.1, -0.05) is 0 Å². The molecule has 2 N–H and O–H groups in total. The zero-order valence-electron chi connectivity index (χ0n) is 16.2. The molecule has 0 unspecified atom stereocenters. The first kappa shape index (κ1) is 19.6. The number of nitrogens with zero attached hydrogens (tertiary/aromatic N) is 5. The molecule has 0 saturated carbocycles. The number of rotatable bonds is 4. The van der Waals surface area contributed by atoms with Crippen molar-refractivity contribution >= 4 is 27.6 Å². The molecule has 3 heterocycles. The van der Waals surface area contributed by atoms with Crippen molar-refractivity contribution in [2.24, 2.45) is 5.14 Å². The third kappa shape index (κ3) is 4.03. The van der Waals surface area contributed by atoms with Crippen molar-refractivity contribution in [2.45, 2.75) is 24.3 Å². The second kappa shape index (κ2) is 7.60. The first-order valence-electron chi connectivity index (χ1n) is 9.55. The van der Waals surface area contributed by atoms with Crippen LogP contribution in [-0.4, -0.2) is 68.0 Å². The molecule has 1 saturated heterocycles. The van der Waals surface area contributed by atoms with E-state index < -0.39 is 10.0 Å². The van der Waals surface area contributed by atoms with Crippen LogP contribution in [0, 0.1) is 0 Å². The Hall–Kier alpha value is -2.72. The molecule has 1 amide bonds. The quantitative estimate of drug-likeness (QED) is 0.759. The van der Waals surface area contributed by atoms with Crippen molar-refractivity contribution in [3.8, 4) is 0 Å². The lowest BCUT2D eigenvalue weighted by atomic mass is 10.1. The maximum Gasteiger partial charge on any atom is 0.242 e. The Morgan fingerprint density at radius 2 is 1.86 bits per heavy atom. The standard InChI is InChI=1S/C19H24N6O3S/c1-14-11-15-12-16(29(20,27)28)3-4-17(15)25(14)13-18(26)23-7-9-24(10-8-23)19-21-5-2-6-22-19/h2-6,12,14H,7-11,13H2,1H3,(H2,20,27,28)/t14-/m0/s1. The highest BCUT2D eigenvalue weighted by molar-refractivity contribution is 7.89. The van der Waals surface area contributed by atoms with Gasteiger partial charge < -0.3 is 14.7 Å². The lowest BCUT2D eigenvalue weighted by molar-refractivity contribution is -0.130. The Morgan fingerprint density at radius 1 is 1.17 bits per heavy atom. The number of benzene rings is 1. The van der Waals surface area contributed by atoms with E-state index in [0.29, 0.717) is 38.5 Å². The van der Waals surface area contributed by atoms with Gasteiger partial charge in [0.25, 0.3) is 0 Å². The van der Waals surface area contributed by atoms with Crippen LogP contribution < -0.4 is 14.9 Å². The number of piperazine rings is 1. The second-order valence-corrected chi connectivity index (χ2v) is 8.99. The molecule has 0 aliphatic carbocycles. The van der Waals surface area contributed by atoms with Gasteiger partial charge in [0.2, 0.25) is 21.9 Å². The average Bonchev–Trinajstić information content (AvgIpc) is 3.02. The topological polar surface area (TPSA) is 113 Å². The van der Waals surface area contributed by atoms with Crippen LogP contribution in [0.1, 0.15) is 12.5 Å². The van der Waals surface area contributed by atoms with E-state index >= 15 is 0 Å². The summed E-state index contributed by atoms with van der Waals surface area (Å²) in [5.41, 5.74) is 1.80. The summed E-state index contributed by atoms with van der Waals surface area (Å²) in [6.45, 7) is 4.94. The van der Waals surface area contributed by atoms with Crippen LogP contribution in [0.15, 0.2) is 41.6 Å². The Kier molecular flexibility index (Phi) is 5.13. The summed E-state index contributed by atoms with van der Waals surface area (Å²) < 4.78 is 23.2. The Balaban J connectivity index is 1.41. The minimum atomic E-state index is -3.74. The van der Waals surface area contributed by atoms with Gasteiger partial charge >= 0.3 is 0 Å². The molecule has 2 aliphatic rings. The number of sulfonamides is 1. The number of fused-ring (bicyclic) bond motifs is 1. The van der Waals surface area contributed by atoms with E-state index in [1.807, 2.05) is 16.7 Å². The van der Waals surface area contributed by atoms with Crippen LogP contribution >= 0.6 is 0 Å². The summed E-state index contributed by atoms with van der Waals surface area (Å²) in [7, 11) is -3.74. The van der Waals surface area contributed by atoms with E-state index in [4.69, 9.17) is 5.14 Å². The number of hydrogen-bond donors (Lipinski definition) is 1. The Bertz CT molecular complexity index is 1010. The highest BCUT2D eigenvalue weighted by Gasteiger charge is 2.31. The van der Waals surface area contributed by atoms with Crippen molar-refractivity contribution in [1.29, 1.82) is 0 Å². The average molecular weight is 417 g/mol. The molecule has 29 heavy (non-hydrogen) atoms. The van der Waals surface area contributed by atoms with Gasteiger partial charge in [0.15, 0.2) is 0 Å². The fourth-order valence-electron chi connectivity index (χ4n) is 3.95.